The zero-order valence-electron chi connectivity index (χ0n) is 17.1. The number of nitrogens with zero attached hydrogens (tertiary/aromatic N) is 1. The maximum atomic E-state index is 13.0. The first-order chi connectivity index (χ1) is 13.7. The molecule has 1 heterocycles. The summed E-state index contributed by atoms with van der Waals surface area (Å²) in [6.07, 6.45) is -0.327. The van der Waals surface area contributed by atoms with Crippen LogP contribution in [-0.4, -0.2) is 36.0 Å². The molecule has 2 aromatic carbocycles. The molecule has 7 heteroatoms. The van der Waals surface area contributed by atoms with Crippen molar-refractivity contribution in [2.45, 2.75) is 39.8 Å². The van der Waals surface area contributed by atoms with Crippen LogP contribution in [0.5, 0.6) is 5.75 Å². The molecule has 0 fully saturated rings. The van der Waals surface area contributed by atoms with Crippen molar-refractivity contribution in [2.24, 2.45) is 0 Å². The van der Waals surface area contributed by atoms with Gasteiger partial charge in [0.1, 0.15) is 5.75 Å². The van der Waals surface area contributed by atoms with E-state index in [0.29, 0.717) is 16.8 Å². The molecule has 0 saturated heterocycles. The van der Waals surface area contributed by atoms with Crippen molar-refractivity contribution in [1.29, 1.82) is 0 Å². The van der Waals surface area contributed by atoms with E-state index >= 15 is 0 Å². The summed E-state index contributed by atoms with van der Waals surface area (Å²) >= 11 is 0. The number of nitrogens with one attached hydrogen (secondary N) is 1. The Morgan fingerprint density at radius 1 is 1.14 bits per heavy atom. The van der Waals surface area contributed by atoms with Gasteiger partial charge in [0.05, 0.1) is 17.7 Å². The maximum absolute atomic E-state index is 13.0. The first-order valence-corrected chi connectivity index (χ1v) is 9.36. The van der Waals surface area contributed by atoms with Crippen molar-refractivity contribution in [3.63, 3.8) is 0 Å². The standard InChI is InChI=1S/C22H24N2O5/c1-12(2)28-21(26)18-13(3)24(5)22(27)23-20(18)19-16-9-7-6-8-15(16)10-11-17(19)29-14(4)25/h6-12,20H,1-5H3,(H,23,27). The number of hydrogen-bond acceptors (Lipinski definition) is 5. The lowest BCUT2D eigenvalue weighted by Crippen LogP contribution is -2.46. The van der Waals surface area contributed by atoms with Gasteiger partial charge >= 0.3 is 18.0 Å². The SMILES string of the molecule is CC(=O)Oc1ccc2ccccc2c1C1NC(=O)N(C)C(C)=C1C(=O)OC(C)C. The fourth-order valence-electron chi connectivity index (χ4n) is 3.41. The molecular weight excluding hydrogens is 372 g/mol. The van der Waals surface area contributed by atoms with Crippen molar-refractivity contribution < 1.29 is 23.9 Å². The molecule has 0 bridgehead atoms. The van der Waals surface area contributed by atoms with E-state index < -0.39 is 18.0 Å². The zero-order chi connectivity index (χ0) is 21.3. The summed E-state index contributed by atoms with van der Waals surface area (Å²) in [6, 6.07) is 9.82. The van der Waals surface area contributed by atoms with Gasteiger partial charge < -0.3 is 19.7 Å². The van der Waals surface area contributed by atoms with Crippen LogP contribution in [0.2, 0.25) is 0 Å². The molecule has 152 valence electrons. The molecule has 0 aliphatic carbocycles. The highest BCUT2D eigenvalue weighted by Gasteiger charge is 2.37. The van der Waals surface area contributed by atoms with Gasteiger partial charge in [-0.2, -0.15) is 0 Å². The van der Waals surface area contributed by atoms with Gasteiger partial charge in [-0.1, -0.05) is 30.3 Å². The van der Waals surface area contributed by atoms with Gasteiger partial charge in [0.15, 0.2) is 0 Å². The summed E-state index contributed by atoms with van der Waals surface area (Å²) in [4.78, 5) is 38.6. The minimum absolute atomic E-state index is 0.286. The molecule has 2 aromatic rings. The van der Waals surface area contributed by atoms with Crippen LogP contribution in [0.1, 0.15) is 39.3 Å². The molecule has 1 atom stereocenters. The second-order valence-electron chi connectivity index (χ2n) is 7.19. The zero-order valence-corrected chi connectivity index (χ0v) is 17.1. The van der Waals surface area contributed by atoms with Gasteiger partial charge in [0, 0.05) is 25.2 Å². The molecule has 1 N–H and O–H groups in total. The molecule has 2 amide bonds. The topological polar surface area (TPSA) is 84.9 Å². The highest BCUT2D eigenvalue weighted by molar-refractivity contribution is 5.98. The number of urea groups is 1. The van der Waals surface area contributed by atoms with Crippen molar-refractivity contribution in [2.75, 3.05) is 7.05 Å². The third-order valence-electron chi connectivity index (χ3n) is 4.79. The Kier molecular flexibility index (Phi) is 5.59. The van der Waals surface area contributed by atoms with E-state index in [1.54, 1.807) is 33.9 Å². The summed E-state index contributed by atoms with van der Waals surface area (Å²) < 4.78 is 10.9. The molecule has 1 aliphatic rings. The number of ether oxygens (including phenoxy) is 2. The summed E-state index contributed by atoms with van der Waals surface area (Å²) in [6.45, 7) is 6.52. The van der Waals surface area contributed by atoms with Crippen molar-refractivity contribution in [3.05, 3.63) is 53.2 Å². The van der Waals surface area contributed by atoms with Gasteiger partial charge in [0.2, 0.25) is 0 Å². The highest BCUT2D eigenvalue weighted by atomic mass is 16.5. The van der Waals surface area contributed by atoms with Crippen LogP contribution in [0.25, 0.3) is 10.8 Å². The van der Waals surface area contributed by atoms with Gasteiger partial charge in [-0.3, -0.25) is 4.79 Å². The number of benzene rings is 2. The van der Waals surface area contributed by atoms with Crippen molar-refractivity contribution in [1.82, 2.24) is 10.2 Å². The van der Waals surface area contributed by atoms with Crippen molar-refractivity contribution in [3.8, 4) is 5.75 Å². The van der Waals surface area contributed by atoms with E-state index in [9.17, 15) is 14.4 Å². The first-order valence-electron chi connectivity index (χ1n) is 9.36. The lowest BCUT2D eigenvalue weighted by Gasteiger charge is -2.34. The molecule has 7 nitrogen and oxygen atoms in total. The Morgan fingerprint density at radius 3 is 2.48 bits per heavy atom. The maximum Gasteiger partial charge on any atom is 0.338 e. The fourth-order valence-corrected chi connectivity index (χ4v) is 3.41. The molecule has 0 spiro atoms. The van der Waals surface area contributed by atoms with E-state index in [4.69, 9.17) is 9.47 Å². The van der Waals surface area contributed by atoms with Gasteiger partial charge in [-0.05, 0) is 37.6 Å². The summed E-state index contributed by atoms with van der Waals surface area (Å²) in [5.74, 6) is -0.738. The smallest absolute Gasteiger partial charge is 0.338 e. The van der Waals surface area contributed by atoms with E-state index in [0.717, 1.165) is 10.8 Å². The van der Waals surface area contributed by atoms with Crippen LogP contribution >= 0.6 is 0 Å². The third kappa shape index (κ3) is 3.94. The highest BCUT2D eigenvalue weighted by Crippen LogP contribution is 2.40. The first kappa shape index (κ1) is 20.4. The number of amides is 2. The van der Waals surface area contributed by atoms with Crippen LogP contribution in [0, 0.1) is 0 Å². The molecular formula is C22H24N2O5. The van der Waals surface area contributed by atoms with E-state index in [1.807, 2.05) is 30.3 Å². The molecule has 0 aromatic heterocycles. The lowest BCUT2D eigenvalue weighted by molar-refractivity contribution is -0.143. The van der Waals surface area contributed by atoms with Gasteiger partial charge in [-0.15, -0.1) is 0 Å². The predicted octanol–water partition coefficient (Wildman–Crippen LogP) is 3.69. The van der Waals surface area contributed by atoms with Crippen LogP contribution in [0.15, 0.2) is 47.7 Å². The largest absolute Gasteiger partial charge is 0.459 e. The number of hydrogen-bond donors (Lipinski definition) is 1. The molecule has 0 saturated carbocycles. The summed E-state index contributed by atoms with van der Waals surface area (Å²) in [7, 11) is 1.58. The Morgan fingerprint density at radius 2 is 1.83 bits per heavy atom. The third-order valence-corrected chi connectivity index (χ3v) is 4.79. The normalized spacial score (nSPS) is 16.8. The van der Waals surface area contributed by atoms with Crippen LogP contribution < -0.4 is 10.1 Å². The Hall–Kier alpha value is -3.35. The van der Waals surface area contributed by atoms with E-state index in [-0.39, 0.29) is 17.9 Å². The molecule has 29 heavy (non-hydrogen) atoms. The lowest BCUT2D eigenvalue weighted by atomic mass is 9.90. The molecule has 1 aliphatic heterocycles. The average molecular weight is 396 g/mol. The Bertz CT molecular complexity index is 1030. The monoisotopic (exact) mass is 396 g/mol. The summed E-state index contributed by atoms with van der Waals surface area (Å²) in [5.41, 5.74) is 1.31. The Balaban J connectivity index is 2.28. The quantitative estimate of drug-likeness (QED) is 0.629. The minimum atomic E-state index is -0.828. The number of carbonyl (C=O) groups is 3. The van der Waals surface area contributed by atoms with Crippen LogP contribution in [0.4, 0.5) is 4.79 Å². The number of fused-ring (bicyclic) bond motifs is 1. The second-order valence-corrected chi connectivity index (χ2v) is 7.19. The second kappa shape index (κ2) is 7.95. The molecule has 3 rings (SSSR count). The fraction of sp³-hybridized carbons (Fsp3) is 0.318. The molecule has 1 unspecified atom stereocenters. The van der Waals surface area contributed by atoms with E-state index in [1.165, 1.54) is 11.8 Å². The summed E-state index contributed by atoms with van der Waals surface area (Å²) in [5, 5.41) is 4.52. The number of rotatable bonds is 4. The van der Waals surface area contributed by atoms with Crippen LogP contribution in [-0.2, 0) is 14.3 Å². The Labute approximate surface area is 169 Å². The number of carbonyl (C=O) groups excluding carboxylic acids is 3. The van der Waals surface area contributed by atoms with Gasteiger partial charge in [0.25, 0.3) is 0 Å². The minimum Gasteiger partial charge on any atom is -0.459 e. The number of esters is 2. The predicted molar refractivity (Wildman–Crippen MR) is 108 cm³/mol. The van der Waals surface area contributed by atoms with Crippen LogP contribution in [0.3, 0.4) is 0 Å². The molecule has 0 radical (unpaired) electrons. The van der Waals surface area contributed by atoms with E-state index in [2.05, 4.69) is 5.32 Å². The average Bonchev–Trinajstić information content (AvgIpc) is 2.64. The number of allylic oxidation sites excluding steroid dienone is 1. The van der Waals surface area contributed by atoms with Crippen molar-refractivity contribution >= 4 is 28.7 Å². The van der Waals surface area contributed by atoms with Gasteiger partial charge in [-0.25, -0.2) is 9.59 Å².